The molecule has 4 nitrogen and oxygen atoms in total. The molecule has 0 aliphatic heterocycles. The Kier molecular flexibility index (Phi) is 3.68. The number of hydrogen-bond acceptors (Lipinski definition) is 3. The van der Waals surface area contributed by atoms with Gasteiger partial charge in [-0.15, -0.1) is 0 Å². The van der Waals surface area contributed by atoms with Crippen LogP contribution in [-0.2, 0) is 0 Å². The van der Waals surface area contributed by atoms with E-state index in [9.17, 15) is 0 Å². The average Bonchev–Trinajstić information content (AvgIpc) is 2.07. The first-order valence-electron chi connectivity index (χ1n) is 2.80. The molecule has 0 fully saturated rings. The van der Waals surface area contributed by atoms with Crippen LogP contribution in [0, 0.1) is 6.39 Å². The fraction of sp³-hybridized carbons (Fsp3) is 0.500. The molecule has 57 valence electrons. The SMILES string of the molecule is C[N+](C)(C)O.[c]1ncco1. The number of rotatable bonds is 0. The quantitative estimate of drug-likeness (QED) is 0.427. The Morgan fingerprint density at radius 1 is 1.50 bits per heavy atom. The molecule has 1 aromatic heterocycles. The smallest absolute Gasteiger partial charge is 0.283 e. The molecular weight excluding hydrogens is 132 g/mol. The molecule has 1 rings (SSSR count). The first-order valence-corrected chi connectivity index (χ1v) is 2.80. The standard InChI is InChI=1S/C3H2NO.C3H10NO/c1-2-5-3-4-1;1-4(2,3)5/h1-2H;5H,1-3H3/q;+1. The lowest BCUT2D eigenvalue weighted by Crippen LogP contribution is -2.28. The van der Waals surface area contributed by atoms with Gasteiger partial charge in [0.05, 0.1) is 27.3 Å². The fourth-order valence-electron chi connectivity index (χ4n) is 0.152. The second-order valence-corrected chi connectivity index (χ2v) is 2.57. The van der Waals surface area contributed by atoms with E-state index in [1.165, 1.54) is 12.5 Å². The molecule has 1 N–H and O–H groups in total. The van der Waals surface area contributed by atoms with Gasteiger partial charge in [-0.05, 0) is 0 Å². The highest BCUT2D eigenvalue weighted by atomic mass is 16.5. The largest absolute Gasteiger partial charge is 0.441 e. The van der Waals surface area contributed by atoms with Gasteiger partial charge in [-0.3, -0.25) is 0 Å². The number of quaternary nitrogens is 1. The Morgan fingerprint density at radius 2 is 2.00 bits per heavy atom. The van der Waals surface area contributed by atoms with E-state index in [0.717, 1.165) is 0 Å². The van der Waals surface area contributed by atoms with Crippen molar-refractivity contribution in [3.8, 4) is 0 Å². The van der Waals surface area contributed by atoms with Gasteiger partial charge in [0, 0.05) is 0 Å². The molecule has 0 saturated carbocycles. The van der Waals surface area contributed by atoms with Gasteiger partial charge in [0.1, 0.15) is 6.26 Å². The zero-order valence-corrected chi connectivity index (χ0v) is 6.40. The van der Waals surface area contributed by atoms with Crippen molar-refractivity contribution in [1.29, 1.82) is 0 Å². The van der Waals surface area contributed by atoms with Crippen LogP contribution < -0.4 is 0 Å². The second kappa shape index (κ2) is 4.03. The third kappa shape index (κ3) is 15.7. The van der Waals surface area contributed by atoms with Gasteiger partial charge in [0.15, 0.2) is 0 Å². The zero-order chi connectivity index (χ0) is 8.04. The minimum Gasteiger partial charge on any atom is -0.441 e. The molecule has 1 aromatic rings. The van der Waals surface area contributed by atoms with Crippen LogP contribution in [0.25, 0.3) is 0 Å². The van der Waals surface area contributed by atoms with Gasteiger partial charge < -0.3 is 4.42 Å². The minimum atomic E-state index is 0. The van der Waals surface area contributed by atoms with Crippen molar-refractivity contribution < 1.29 is 14.3 Å². The summed E-state index contributed by atoms with van der Waals surface area (Å²) in [6.07, 6.45) is 5.22. The first kappa shape index (κ1) is 9.13. The van der Waals surface area contributed by atoms with Crippen LogP contribution in [0.2, 0.25) is 0 Å². The molecule has 0 bridgehead atoms. The van der Waals surface area contributed by atoms with Crippen molar-refractivity contribution in [1.82, 2.24) is 4.98 Å². The molecule has 0 unspecified atom stereocenters. The maximum absolute atomic E-state index is 8.46. The molecule has 1 heterocycles. The Labute approximate surface area is 60.3 Å². The Morgan fingerprint density at radius 3 is 2.10 bits per heavy atom. The third-order valence-corrected chi connectivity index (χ3v) is 0.309. The van der Waals surface area contributed by atoms with Crippen LogP contribution in [0.1, 0.15) is 0 Å². The molecule has 0 aliphatic rings. The lowest BCUT2D eigenvalue weighted by molar-refractivity contribution is -1.06. The van der Waals surface area contributed by atoms with Crippen molar-refractivity contribution in [3.63, 3.8) is 0 Å². The Bertz CT molecular complexity index is 120. The Hall–Kier alpha value is -0.870. The van der Waals surface area contributed by atoms with Crippen molar-refractivity contribution in [2.45, 2.75) is 0 Å². The van der Waals surface area contributed by atoms with Crippen LogP contribution in [0.3, 0.4) is 0 Å². The highest BCUT2D eigenvalue weighted by Gasteiger charge is 1.92. The number of hydroxylamine groups is 3. The molecule has 0 atom stereocenters. The topological polar surface area (TPSA) is 46.3 Å². The van der Waals surface area contributed by atoms with E-state index in [0.29, 0.717) is 0 Å². The maximum atomic E-state index is 8.46. The van der Waals surface area contributed by atoms with Crippen LogP contribution in [-0.4, -0.2) is 36.0 Å². The van der Waals surface area contributed by atoms with Crippen LogP contribution in [0.5, 0.6) is 0 Å². The molecule has 4 heteroatoms. The number of hydrogen-bond donors (Lipinski definition) is 1. The molecule has 10 heavy (non-hydrogen) atoms. The molecule has 0 aromatic carbocycles. The van der Waals surface area contributed by atoms with E-state index in [1.807, 2.05) is 0 Å². The van der Waals surface area contributed by atoms with Gasteiger partial charge in [-0.1, -0.05) is 0 Å². The zero-order valence-electron chi connectivity index (χ0n) is 6.40. The molecule has 0 saturated heterocycles. The summed E-state index contributed by atoms with van der Waals surface area (Å²) in [6, 6.07) is 0. The molecular formula is C6H12N2O2+. The highest BCUT2D eigenvalue weighted by molar-refractivity contribution is 4.55. The predicted molar refractivity (Wildman–Crippen MR) is 35.2 cm³/mol. The monoisotopic (exact) mass is 144 g/mol. The van der Waals surface area contributed by atoms with Gasteiger partial charge in [-0.25, -0.2) is 10.2 Å². The number of aromatic nitrogens is 1. The van der Waals surface area contributed by atoms with Crippen molar-refractivity contribution in [3.05, 3.63) is 18.9 Å². The van der Waals surface area contributed by atoms with E-state index in [4.69, 9.17) is 5.21 Å². The summed E-state index contributed by atoms with van der Waals surface area (Å²) >= 11 is 0. The average molecular weight is 144 g/mol. The predicted octanol–water partition coefficient (Wildman–Crippen LogP) is 0.557. The van der Waals surface area contributed by atoms with Crippen molar-refractivity contribution in [2.75, 3.05) is 21.1 Å². The van der Waals surface area contributed by atoms with E-state index in [-0.39, 0.29) is 4.65 Å². The van der Waals surface area contributed by atoms with E-state index in [1.54, 1.807) is 21.1 Å². The first-order chi connectivity index (χ1) is 4.50. The molecule has 0 amide bonds. The lowest BCUT2D eigenvalue weighted by atomic mass is 11.0. The van der Waals surface area contributed by atoms with E-state index >= 15 is 0 Å². The maximum Gasteiger partial charge on any atom is 0.283 e. The van der Waals surface area contributed by atoms with Crippen LogP contribution in [0.4, 0.5) is 0 Å². The van der Waals surface area contributed by atoms with Crippen molar-refractivity contribution in [2.24, 2.45) is 0 Å². The molecule has 0 aliphatic carbocycles. The summed E-state index contributed by atoms with van der Waals surface area (Å²) in [4.78, 5) is 3.43. The molecule has 0 spiro atoms. The van der Waals surface area contributed by atoms with Gasteiger partial charge in [0.25, 0.3) is 6.39 Å². The summed E-state index contributed by atoms with van der Waals surface area (Å²) < 4.78 is 4.35. The van der Waals surface area contributed by atoms with E-state index < -0.39 is 0 Å². The van der Waals surface area contributed by atoms with Crippen molar-refractivity contribution >= 4 is 0 Å². The molecule has 1 radical (unpaired) electrons. The minimum absolute atomic E-state index is 0. The third-order valence-electron chi connectivity index (χ3n) is 0.309. The summed E-state index contributed by atoms with van der Waals surface area (Å²) in [6.45, 7) is 0. The van der Waals surface area contributed by atoms with Gasteiger partial charge in [0.2, 0.25) is 0 Å². The summed E-state index contributed by atoms with van der Waals surface area (Å²) in [5.41, 5.74) is 0. The fourth-order valence-corrected chi connectivity index (χ4v) is 0.152. The normalized spacial score (nSPS) is 10.0. The van der Waals surface area contributed by atoms with Crippen LogP contribution >= 0.6 is 0 Å². The Balaban J connectivity index is 0.000000162. The summed E-state index contributed by atoms with van der Waals surface area (Å²) in [5.74, 6) is 0. The van der Waals surface area contributed by atoms with E-state index in [2.05, 4.69) is 15.8 Å². The van der Waals surface area contributed by atoms with Gasteiger partial charge >= 0.3 is 0 Å². The summed E-state index contributed by atoms with van der Waals surface area (Å²) in [7, 11) is 5.04. The number of nitrogens with zero attached hydrogens (tertiary/aromatic N) is 2. The van der Waals surface area contributed by atoms with Gasteiger partial charge in [-0.2, -0.15) is 4.65 Å². The highest BCUT2D eigenvalue weighted by Crippen LogP contribution is 1.72. The van der Waals surface area contributed by atoms with Crippen LogP contribution in [0.15, 0.2) is 16.9 Å². The lowest BCUT2D eigenvalue weighted by Gasteiger charge is -2.09. The summed E-state index contributed by atoms with van der Waals surface area (Å²) in [5, 5.41) is 8.46. The number of oxazole rings is 1. The second-order valence-electron chi connectivity index (χ2n) is 2.57.